The van der Waals surface area contributed by atoms with Gasteiger partial charge in [0.25, 0.3) is 0 Å². The molecule has 0 saturated carbocycles. The number of carbonyl (C=O) groups excluding carboxylic acids is 1. The third-order valence-corrected chi connectivity index (χ3v) is 1.97. The lowest BCUT2D eigenvalue weighted by Gasteiger charge is -2.03. The lowest BCUT2D eigenvalue weighted by atomic mass is 10.3. The molecule has 0 N–H and O–H groups in total. The molecule has 0 spiro atoms. The molecule has 1 aromatic heterocycles. The van der Waals surface area contributed by atoms with Crippen molar-refractivity contribution in [2.75, 3.05) is 7.11 Å². The Hall–Kier alpha value is -0.870. The second-order valence-electron chi connectivity index (χ2n) is 2.08. The highest BCUT2D eigenvalue weighted by Gasteiger charge is 2.19. The second kappa shape index (κ2) is 3.89. The second-order valence-corrected chi connectivity index (χ2v) is 2.81. The molecule has 0 aromatic carbocycles. The molecule has 0 unspecified atom stereocenters. The summed E-state index contributed by atoms with van der Waals surface area (Å²) in [5.41, 5.74) is -0.258. The van der Waals surface area contributed by atoms with Crippen LogP contribution in [0.5, 0.6) is 0 Å². The Bertz CT molecular complexity index is 357. The van der Waals surface area contributed by atoms with Crippen LogP contribution in [0.2, 0.25) is 10.2 Å². The van der Waals surface area contributed by atoms with Gasteiger partial charge in [-0.15, -0.1) is 0 Å². The Morgan fingerprint density at radius 1 is 1.62 bits per heavy atom. The van der Waals surface area contributed by atoms with Crippen molar-refractivity contribution >= 4 is 29.2 Å². The first-order valence-corrected chi connectivity index (χ1v) is 3.91. The molecule has 6 heteroatoms. The maximum atomic E-state index is 12.8. The van der Waals surface area contributed by atoms with Gasteiger partial charge in [-0.05, 0) is 0 Å². The smallest absolute Gasteiger partial charge is 0.342 e. The average molecular weight is 224 g/mol. The fraction of sp³-hybridized carbons (Fsp3) is 0.143. The molecule has 0 saturated heterocycles. The van der Waals surface area contributed by atoms with E-state index in [9.17, 15) is 9.18 Å². The number of rotatable bonds is 1. The van der Waals surface area contributed by atoms with Crippen molar-refractivity contribution in [3.63, 3.8) is 0 Å². The van der Waals surface area contributed by atoms with Gasteiger partial charge >= 0.3 is 5.97 Å². The van der Waals surface area contributed by atoms with Crippen molar-refractivity contribution in [1.82, 2.24) is 4.98 Å². The minimum absolute atomic E-state index is 0.182. The lowest BCUT2D eigenvalue weighted by molar-refractivity contribution is 0.0600. The van der Waals surface area contributed by atoms with E-state index in [2.05, 4.69) is 9.72 Å². The van der Waals surface area contributed by atoms with Crippen LogP contribution < -0.4 is 0 Å². The molecule has 0 amide bonds. The van der Waals surface area contributed by atoms with Crippen molar-refractivity contribution in [2.24, 2.45) is 0 Å². The zero-order valence-corrected chi connectivity index (χ0v) is 7.99. The summed E-state index contributed by atoms with van der Waals surface area (Å²) in [5.74, 6) is -1.63. The first kappa shape index (κ1) is 10.2. The first-order valence-electron chi connectivity index (χ1n) is 3.15. The predicted octanol–water partition coefficient (Wildman–Crippen LogP) is 2.31. The lowest BCUT2D eigenvalue weighted by Crippen LogP contribution is -2.05. The molecule has 0 bridgehead atoms. The summed E-state index contributed by atoms with van der Waals surface area (Å²) < 4.78 is 17.1. The van der Waals surface area contributed by atoms with Crippen LogP contribution >= 0.6 is 23.2 Å². The largest absolute Gasteiger partial charge is 0.465 e. The minimum atomic E-state index is -0.818. The number of carbonyl (C=O) groups is 1. The Morgan fingerprint density at radius 2 is 2.23 bits per heavy atom. The summed E-state index contributed by atoms with van der Waals surface area (Å²) >= 11 is 11.0. The molecule has 0 atom stereocenters. The Balaban J connectivity index is 3.33. The van der Waals surface area contributed by atoms with E-state index in [0.29, 0.717) is 0 Å². The highest BCUT2D eigenvalue weighted by molar-refractivity contribution is 6.38. The Morgan fingerprint density at radius 3 is 2.77 bits per heavy atom. The summed E-state index contributed by atoms with van der Waals surface area (Å²) in [6.45, 7) is 0. The molecule has 0 fully saturated rings. The summed E-state index contributed by atoms with van der Waals surface area (Å²) in [7, 11) is 1.14. The molecule has 0 radical (unpaired) electrons. The fourth-order valence-corrected chi connectivity index (χ4v) is 1.20. The number of ether oxygens (including phenoxy) is 1. The number of aromatic nitrogens is 1. The van der Waals surface area contributed by atoms with Crippen LogP contribution in [-0.4, -0.2) is 18.1 Å². The van der Waals surface area contributed by atoms with E-state index in [1.54, 1.807) is 0 Å². The molecule has 0 aliphatic heterocycles. The number of nitrogens with zero attached hydrogens (tertiary/aromatic N) is 1. The molecule has 1 rings (SSSR count). The van der Waals surface area contributed by atoms with E-state index in [1.807, 2.05) is 0 Å². The minimum Gasteiger partial charge on any atom is -0.465 e. The predicted molar refractivity (Wildman–Crippen MR) is 45.6 cm³/mol. The van der Waals surface area contributed by atoms with Crippen LogP contribution in [-0.2, 0) is 4.74 Å². The van der Waals surface area contributed by atoms with Gasteiger partial charge in [0.1, 0.15) is 10.7 Å². The van der Waals surface area contributed by atoms with Crippen LogP contribution in [0.3, 0.4) is 0 Å². The summed E-state index contributed by atoms with van der Waals surface area (Å²) in [5, 5.41) is -0.565. The highest BCUT2D eigenvalue weighted by atomic mass is 35.5. The summed E-state index contributed by atoms with van der Waals surface area (Å²) in [4.78, 5) is 14.4. The van der Waals surface area contributed by atoms with Crippen LogP contribution in [0.15, 0.2) is 6.20 Å². The maximum Gasteiger partial charge on any atom is 0.342 e. The number of halogens is 3. The van der Waals surface area contributed by atoms with E-state index >= 15 is 0 Å². The number of pyridine rings is 1. The molecule has 1 heterocycles. The van der Waals surface area contributed by atoms with Gasteiger partial charge in [0, 0.05) is 0 Å². The Labute approximate surface area is 83.4 Å². The van der Waals surface area contributed by atoms with Gasteiger partial charge in [0.15, 0.2) is 5.82 Å². The van der Waals surface area contributed by atoms with Gasteiger partial charge in [0.05, 0.1) is 18.3 Å². The maximum absolute atomic E-state index is 12.8. The van der Waals surface area contributed by atoms with Crippen LogP contribution in [0.1, 0.15) is 10.4 Å². The molecular weight excluding hydrogens is 220 g/mol. The molecule has 0 aliphatic carbocycles. The number of esters is 1. The number of methoxy groups -OCH3 is 1. The molecule has 13 heavy (non-hydrogen) atoms. The van der Waals surface area contributed by atoms with Gasteiger partial charge in [0.2, 0.25) is 0 Å². The molecular formula is C7H4Cl2FNO2. The summed E-state index contributed by atoms with van der Waals surface area (Å²) in [6.07, 6.45) is 0.830. The molecule has 0 aliphatic rings. The third-order valence-electron chi connectivity index (χ3n) is 1.32. The fourth-order valence-electron chi connectivity index (χ4n) is 0.720. The van der Waals surface area contributed by atoms with Crippen molar-refractivity contribution < 1.29 is 13.9 Å². The first-order chi connectivity index (χ1) is 6.07. The molecule has 1 aromatic rings. The van der Waals surface area contributed by atoms with E-state index in [1.165, 1.54) is 0 Å². The zero-order chi connectivity index (χ0) is 10.0. The van der Waals surface area contributed by atoms with Gasteiger partial charge in [-0.2, -0.15) is 0 Å². The monoisotopic (exact) mass is 223 g/mol. The standard InChI is InChI=1S/C7H4Cl2FNO2/c1-13-7(12)4-5(8)3(10)2-11-6(4)9/h2H,1H3. The number of hydrogen-bond acceptors (Lipinski definition) is 3. The van der Waals surface area contributed by atoms with E-state index in [4.69, 9.17) is 23.2 Å². The van der Waals surface area contributed by atoms with Crippen LogP contribution in [0.25, 0.3) is 0 Å². The number of hydrogen-bond donors (Lipinski definition) is 0. The van der Waals surface area contributed by atoms with Gasteiger partial charge in [-0.1, -0.05) is 23.2 Å². The zero-order valence-electron chi connectivity index (χ0n) is 6.47. The third kappa shape index (κ3) is 1.89. The molecule has 70 valence electrons. The van der Waals surface area contributed by atoms with E-state index in [-0.39, 0.29) is 15.7 Å². The van der Waals surface area contributed by atoms with Gasteiger partial charge in [-0.25, -0.2) is 14.2 Å². The van der Waals surface area contributed by atoms with Crippen molar-refractivity contribution in [3.8, 4) is 0 Å². The summed E-state index contributed by atoms with van der Waals surface area (Å²) in [6, 6.07) is 0. The van der Waals surface area contributed by atoms with Gasteiger partial charge in [-0.3, -0.25) is 0 Å². The SMILES string of the molecule is COC(=O)c1c(Cl)ncc(F)c1Cl. The van der Waals surface area contributed by atoms with Crippen molar-refractivity contribution in [2.45, 2.75) is 0 Å². The quantitative estimate of drug-likeness (QED) is 0.542. The average Bonchev–Trinajstić information content (AvgIpc) is 2.12. The molecule has 3 nitrogen and oxygen atoms in total. The topological polar surface area (TPSA) is 39.2 Å². The highest BCUT2D eigenvalue weighted by Crippen LogP contribution is 2.25. The van der Waals surface area contributed by atoms with Crippen LogP contribution in [0, 0.1) is 5.82 Å². The van der Waals surface area contributed by atoms with Crippen molar-refractivity contribution in [1.29, 1.82) is 0 Å². The normalized spacial score (nSPS) is 9.85. The van der Waals surface area contributed by atoms with Gasteiger partial charge < -0.3 is 4.74 Å². The Kier molecular flexibility index (Phi) is 3.06. The van der Waals surface area contributed by atoms with Crippen LogP contribution in [0.4, 0.5) is 4.39 Å². The van der Waals surface area contributed by atoms with E-state index in [0.717, 1.165) is 13.3 Å². The van der Waals surface area contributed by atoms with Crippen molar-refractivity contribution in [3.05, 3.63) is 27.8 Å². The van der Waals surface area contributed by atoms with E-state index < -0.39 is 11.8 Å².